The average molecular weight is 456 g/mol. The van der Waals surface area contributed by atoms with E-state index >= 15 is 0 Å². The van der Waals surface area contributed by atoms with Gasteiger partial charge in [-0.05, 0) is 93.6 Å². The Labute approximate surface area is 203 Å². The Kier molecular flexibility index (Phi) is 7.15. The molecule has 2 aromatic carbocycles. The highest BCUT2D eigenvalue weighted by Crippen LogP contribution is 2.34. The molecule has 0 bridgehead atoms. The lowest BCUT2D eigenvalue weighted by atomic mass is 9.84. The predicted octanol–water partition coefficient (Wildman–Crippen LogP) is 6.04. The highest BCUT2D eigenvalue weighted by atomic mass is 16.1. The highest BCUT2D eigenvalue weighted by Gasteiger charge is 2.27. The number of amides is 1. The van der Waals surface area contributed by atoms with Crippen molar-refractivity contribution in [2.24, 2.45) is 5.92 Å². The number of benzene rings is 2. The molecule has 4 nitrogen and oxygen atoms in total. The van der Waals surface area contributed by atoms with Crippen molar-refractivity contribution in [2.75, 3.05) is 19.6 Å². The summed E-state index contributed by atoms with van der Waals surface area (Å²) in [6.07, 6.45) is 12.9. The summed E-state index contributed by atoms with van der Waals surface area (Å²) in [4.78, 5) is 18.5. The van der Waals surface area contributed by atoms with Gasteiger partial charge in [0.2, 0.25) is 5.91 Å². The predicted molar refractivity (Wildman–Crippen MR) is 141 cm³/mol. The number of hydrogen-bond donors (Lipinski definition) is 2. The SMILES string of the molecule is Cc1ccc(/C=C/C(=O)NC2CCC(CN3CCC(c4c[nH]c5ccccc45)CC3)CC2)cc1. The van der Waals surface area contributed by atoms with Crippen LogP contribution in [0, 0.1) is 12.8 Å². The molecule has 34 heavy (non-hydrogen) atoms. The Hall–Kier alpha value is -2.85. The van der Waals surface area contributed by atoms with Crippen molar-refractivity contribution in [3.8, 4) is 0 Å². The number of aryl methyl sites for hydroxylation is 1. The summed E-state index contributed by atoms with van der Waals surface area (Å²) in [5.74, 6) is 1.47. The van der Waals surface area contributed by atoms with Crippen molar-refractivity contribution in [3.05, 3.63) is 77.5 Å². The smallest absolute Gasteiger partial charge is 0.244 e. The largest absolute Gasteiger partial charge is 0.361 e. The third kappa shape index (κ3) is 5.61. The molecule has 1 amide bonds. The van der Waals surface area contributed by atoms with E-state index in [1.165, 1.54) is 67.3 Å². The number of rotatable bonds is 6. The molecular formula is C30H37N3O. The zero-order chi connectivity index (χ0) is 23.3. The molecule has 0 spiro atoms. The molecule has 1 aliphatic carbocycles. The normalized spacial score (nSPS) is 22.4. The van der Waals surface area contributed by atoms with E-state index in [9.17, 15) is 4.79 Å². The fourth-order valence-corrected chi connectivity index (χ4v) is 5.81. The van der Waals surface area contributed by atoms with Gasteiger partial charge in [-0.15, -0.1) is 0 Å². The maximum absolute atomic E-state index is 12.4. The molecule has 4 heteroatoms. The average Bonchev–Trinajstić information content (AvgIpc) is 3.30. The van der Waals surface area contributed by atoms with Crippen LogP contribution in [0.25, 0.3) is 17.0 Å². The number of carbonyl (C=O) groups is 1. The Bertz CT molecular complexity index is 1110. The maximum Gasteiger partial charge on any atom is 0.244 e. The molecule has 2 N–H and O–H groups in total. The van der Waals surface area contributed by atoms with Gasteiger partial charge in [0.15, 0.2) is 0 Å². The second-order valence-corrected chi connectivity index (χ2v) is 10.3. The molecule has 2 heterocycles. The third-order valence-corrected chi connectivity index (χ3v) is 7.86. The summed E-state index contributed by atoms with van der Waals surface area (Å²) >= 11 is 0. The van der Waals surface area contributed by atoms with E-state index in [4.69, 9.17) is 0 Å². The lowest BCUT2D eigenvalue weighted by Gasteiger charge is -2.36. The number of likely N-dealkylation sites (tertiary alicyclic amines) is 1. The fourth-order valence-electron chi connectivity index (χ4n) is 5.81. The van der Waals surface area contributed by atoms with Crippen LogP contribution in [0.4, 0.5) is 0 Å². The van der Waals surface area contributed by atoms with E-state index in [-0.39, 0.29) is 5.91 Å². The van der Waals surface area contributed by atoms with Crippen LogP contribution >= 0.6 is 0 Å². The molecule has 0 unspecified atom stereocenters. The molecule has 1 saturated heterocycles. The number of nitrogens with zero attached hydrogens (tertiary/aromatic N) is 1. The summed E-state index contributed by atoms with van der Waals surface area (Å²) < 4.78 is 0. The van der Waals surface area contributed by atoms with E-state index in [2.05, 4.69) is 64.7 Å². The van der Waals surface area contributed by atoms with Gasteiger partial charge in [-0.1, -0.05) is 48.0 Å². The minimum Gasteiger partial charge on any atom is -0.361 e. The second-order valence-electron chi connectivity index (χ2n) is 10.3. The van der Waals surface area contributed by atoms with Gasteiger partial charge in [0.25, 0.3) is 0 Å². The molecule has 2 fully saturated rings. The quantitative estimate of drug-likeness (QED) is 0.445. The van der Waals surface area contributed by atoms with E-state index < -0.39 is 0 Å². The van der Waals surface area contributed by atoms with Crippen molar-refractivity contribution in [1.29, 1.82) is 0 Å². The van der Waals surface area contributed by atoms with Crippen LogP contribution in [0.15, 0.2) is 60.8 Å². The van der Waals surface area contributed by atoms with Gasteiger partial charge >= 0.3 is 0 Å². The zero-order valence-electron chi connectivity index (χ0n) is 20.3. The number of aromatic nitrogens is 1. The van der Waals surface area contributed by atoms with E-state index in [1.54, 1.807) is 6.08 Å². The molecule has 0 radical (unpaired) electrons. The maximum atomic E-state index is 12.4. The summed E-state index contributed by atoms with van der Waals surface area (Å²) in [5, 5.41) is 4.62. The van der Waals surface area contributed by atoms with Gasteiger partial charge in [0, 0.05) is 35.8 Å². The standard InChI is InChI=1S/C30H37N3O/c1-22-6-8-23(9-7-22)12-15-30(34)32-26-13-10-24(11-14-26)21-33-18-16-25(17-19-33)28-20-31-29-5-3-2-4-27(28)29/h2-9,12,15,20,24-26,31H,10-11,13-14,16-19,21H2,1H3,(H,32,34)/b15-12+. The Morgan fingerprint density at radius 2 is 1.74 bits per heavy atom. The van der Waals surface area contributed by atoms with Crippen molar-refractivity contribution in [2.45, 2.75) is 57.4 Å². The Morgan fingerprint density at radius 1 is 1.00 bits per heavy atom. The van der Waals surface area contributed by atoms with Gasteiger partial charge in [0.1, 0.15) is 0 Å². The van der Waals surface area contributed by atoms with Crippen LogP contribution in [0.5, 0.6) is 0 Å². The van der Waals surface area contributed by atoms with E-state index in [0.29, 0.717) is 12.0 Å². The van der Waals surface area contributed by atoms with Gasteiger partial charge < -0.3 is 15.2 Å². The lowest BCUT2D eigenvalue weighted by Crippen LogP contribution is -2.41. The lowest BCUT2D eigenvalue weighted by molar-refractivity contribution is -0.117. The second kappa shape index (κ2) is 10.6. The first-order valence-corrected chi connectivity index (χ1v) is 13.0. The molecule has 1 aliphatic heterocycles. The first-order valence-electron chi connectivity index (χ1n) is 13.0. The van der Waals surface area contributed by atoms with Crippen molar-refractivity contribution in [3.63, 3.8) is 0 Å². The van der Waals surface area contributed by atoms with Crippen LogP contribution < -0.4 is 5.32 Å². The van der Waals surface area contributed by atoms with E-state index in [0.717, 1.165) is 24.3 Å². The van der Waals surface area contributed by atoms with Crippen LogP contribution in [0.2, 0.25) is 0 Å². The summed E-state index contributed by atoms with van der Waals surface area (Å²) in [6.45, 7) is 5.69. The topological polar surface area (TPSA) is 48.1 Å². The first-order chi connectivity index (χ1) is 16.6. The molecule has 1 aromatic heterocycles. The molecule has 5 rings (SSSR count). The zero-order valence-corrected chi connectivity index (χ0v) is 20.3. The molecule has 1 saturated carbocycles. The fraction of sp³-hybridized carbons (Fsp3) is 0.433. The van der Waals surface area contributed by atoms with Gasteiger partial charge in [0.05, 0.1) is 0 Å². The van der Waals surface area contributed by atoms with Crippen LogP contribution in [0.3, 0.4) is 0 Å². The number of para-hydroxylation sites is 1. The molecular weight excluding hydrogens is 418 g/mol. The monoisotopic (exact) mass is 455 g/mol. The van der Waals surface area contributed by atoms with Crippen molar-refractivity contribution in [1.82, 2.24) is 15.2 Å². The minimum atomic E-state index is 0.0309. The number of nitrogens with one attached hydrogen (secondary N) is 2. The highest BCUT2D eigenvalue weighted by molar-refractivity contribution is 5.91. The number of H-pyrrole nitrogens is 1. The van der Waals surface area contributed by atoms with Gasteiger partial charge in [-0.25, -0.2) is 0 Å². The molecule has 178 valence electrons. The van der Waals surface area contributed by atoms with Gasteiger partial charge in [-0.3, -0.25) is 4.79 Å². The third-order valence-electron chi connectivity index (χ3n) is 7.86. The summed E-state index contributed by atoms with van der Waals surface area (Å²) in [7, 11) is 0. The van der Waals surface area contributed by atoms with Crippen molar-refractivity contribution >= 4 is 22.9 Å². The van der Waals surface area contributed by atoms with Crippen LogP contribution in [0.1, 0.15) is 61.1 Å². The Morgan fingerprint density at radius 3 is 2.50 bits per heavy atom. The van der Waals surface area contributed by atoms with Crippen LogP contribution in [-0.2, 0) is 4.79 Å². The number of carbonyl (C=O) groups excluding carboxylic acids is 1. The molecule has 2 aliphatic rings. The molecule has 3 aromatic rings. The Balaban J connectivity index is 1.03. The van der Waals surface area contributed by atoms with Crippen LogP contribution in [-0.4, -0.2) is 41.5 Å². The number of fused-ring (bicyclic) bond motifs is 1. The number of aromatic amines is 1. The van der Waals surface area contributed by atoms with E-state index in [1.807, 2.05) is 18.2 Å². The first kappa shape index (κ1) is 22.9. The van der Waals surface area contributed by atoms with Crippen molar-refractivity contribution < 1.29 is 4.79 Å². The van der Waals surface area contributed by atoms with Gasteiger partial charge in [-0.2, -0.15) is 0 Å². The summed E-state index contributed by atoms with van der Waals surface area (Å²) in [5.41, 5.74) is 5.06. The number of hydrogen-bond acceptors (Lipinski definition) is 2. The summed E-state index contributed by atoms with van der Waals surface area (Å²) in [6, 6.07) is 17.2. The molecule has 0 atom stereocenters. The number of piperidine rings is 1. The minimum absolute atomic E-state index is 0.0309.